The van der Waals surface area contributed by atoms with Crippen LogP contribution in [0.15, 0.2) is 41.6 Å². The lowest BCUT2D eigenvalue weighted by atomic mass is 10.2. The van der Waals surface area contributed by atoms with E-state index in [-0.39, 0.29) is 12.4 Å². The quantitative estimate of drug-likeness (QED) is 0.491. The Bertz CT molecular complexity index is 676. The number of hydrogen-bond donors (Lipinski definition) is 1. The standard InChI is InChI=1S/C16H15ClFNO3/c1-2-21-15-8-12(9-19-20)7-14(17)16(15)22-10-11-4-3-5-13(18)6-11/h3-9,20H,2,10H2,1H3/b19-9-. The van der Waals surface area contributed by atoms with E-state index in [0.29, 0.717) is 34.3 Å². The SMILES string of the molecule is CCOc1cc(/C=N\O)cc(Cl)c1OCc1cccc(F)c1. The summed E-state index contributed by atoms with van der Waals surface area (Å²) in [5.41, 5.74) is 1.26. The molecule has 0 heterocycles. The summed E-state index contributed by atoms with van der Waals surface area (Å²) in [4.78, 5) is 0. The third-order valence-corrected chi connectivity index (χ3v) is 3.09. The number of oxime groups is 1. The summed E-state index contributed by atoms with van der Waals surface area (Å²) >= 11 is 6.18. The summed E-state index contributed by atoms with van der Waals surface area (Å²) in [7, 11) is 0. The molecule has 2 aromatic carbocycles. The second kappa shape index (κ2) is 7.66. The van der Waals surface area contributed by atoms with E-state index in [1.165, 1.54) is 18.3 Å². The summed E-state index contributed by atoms with van der Waals surface area (Å²) in [6.45, 7) is 2.41. The molecule has 0 fully saturated rings. The van der Waals surface area contributed by atoms with Gasteiger partial charge in [-0.15, -0.1) is 0 Å². The minimum Gasteiger partial charge on any atom is -0.490 e. The van der Waals surface area contributed by atoms with Gasteiger partial charge in [0.1, 0.15) is 12.4 Å². The maximum Gasteiger partial charge on any atom is 0.180 e. The molecule has 0 radical (unpaired) electrons. The lowest BCUT2D eigenvalue weighted by Gasteiger charge is -2.14. The number of rotatable bonds is 6. The van der Waals surface area contributed by atoms with Crippen molar-refractivity contribution in [1.82, 2.24) is 0 Å². The van der Waals surface area contributed by atoms with Crippen molar-refractivity contribution in [3.05, 3.63) is 58.4 Å². The molecule has 0 aliphatic carbocycles. The second-order valence-electron chi connectivity index (χ2n) is 4.43. The third kappa shape index (κ3) is 4.11. The molecule has 0 spiro atoms. The van der Waals surface area contributed by atoms with Crippen LogP contribution in [0.25, 0.3) is 0 Å². The van der Waals surface area contributed by atoms with Crippen LogP contribution in [-0.2, 0) is 6.61 Å². The third-order valence-electron chi connectivity index (χ3n) is 2.81. The zero-order valence-corrected chi connectivity index (χ0v) is 12.7. The highest BCUT2D eigenvalue weighted by Crippen LogP contribution is 2.36. The van der Waals surface area contributed by atoms with E-state index in [1.807, 2.05) is 6.92 Å². The van der Waals surface area contributed by atoms with Crippen molar-refractivity contribution in [3.8, 4) is 11.5 Å². The summed E-state index contributed by atoms with van der Waals surface area (Å²) in [6.07, 6.45) is 1.24. The van der Waals surface area contributed by atoms with Gasteiger partial charge in [-0.25, -0.2) is 4.39 Å². The Morgan fingerprint density at radius 1 is 1.27 bits per heavy atom. The summed E-state index contributed by atoms with van der Waals surface area (Å²) < 4.78 is 24.3. The second-order valence-corrected chi connectivity index (χ2v) is 4.83. The highest BCUT2D eigenvalue weighted by molar-refractivity contribution is 6.32. The van der Waals surface area contributed by atoms with Crippen molar-refractivity contribution in [2.24, 2.45) is 5.16 Å². The largest absolute Gasteiger partial charge is 0.490 e. The normalized spacial score (nSPS) is 10.9. The fourth-order valence-corrected chi connectivity index (χ4v) is 2.19. The molecular weight excluding hydrogens is 309 g/mol. The highest BCUT2D eigenvalue weighted by Gasteiger charge is 2.12. The molecule has 0 saturated heterocycles. The molecule has 0 aliphatic rings. The smallest absolute Gasteiger partial charge is 0.180 e. The predicted octanol–water partition coefficient (Wildman–Crippen LogP) is 4.26. The Hall–Kier alpha value is -2.27. The Morgan fingerprint density at radius 3 is 2.77 bits per heavy atom. The van der Waals surface area contributed by atoms with Gasteiger partial charge >= 0.3 is 0 Å². The first-order valence-electron chi connectivity index (χ1n) is 6.65. The monoisotopic (exact) mass is 323 g/mol. The minimum atomic E-state index is -0.327. The number of nitrogens with zero attached hydrogens (tertiary/aromatic N) is 1. The predicted molar refractivity (Wildman–Crippen MR) is 82.7 cm³/mol. The molecule has 0 bridgehead atoms. The van der Waals surface area contributed by atoms with Gasteiger partial charge in [-0.05, 0) is 36.8 Å². The van der Waals surface area contributed by atoms with Gasteiger partial charge in [0.25, 0.3) is 0 Å². The first kappa shape index (κ1) is 16.1. The van der Waals surface area contributed by atoms with E-state index < -0.39 is 0 Å². The van der Waals surface area contributed by atoms with Crippen LogP contribution in [0.4, 0.5) is 4.39 Å². The molecule has 0 saturated carbocycles. The highest BCUT2D eigenvalue weighted by atomic mass is 35.5. The number of halogens is 2. The van der Waals surface area contributed by atoms with Gasteiger partial charge in [-0.2, -0.15) is 0 Å². The van der Waals surface area contributed by atoms with Crippen LogP contribution in [0, 0.1) is 5.82 Å². The molecule has 0 amide bonds. The van der Waals surface area contributed by atoms with Gasteiger partial charge in [0, 0.05) is 5.56 Å². The first-order chi connectivity index (χ1) is 10.6. The van der Waals surface area contributed by atoms with Crippen LogP contribution in [0.1, 0.15) is 18.1 Å². The zero-order chi connectivity index (χ0) is 15.9. The van der Waals surface area contributed by atoms with Crippen molar-refractivity contribution in [3.63, 3.8) is 0 Å². The lowest BCUT2D eigenvalue weighted by molar-refractivity contribution is 0.269. The molecular formula is C16H15ClFNO3. The van der Waals surface area contributed by atoms with Crippen molar-refractivity contribution in [1.29, 1.82) is 0 Å². The molecule has 2 rings (SSSR count). The molecule has 2 aromatic rings. The topological polar surface area (TPSA) is 51.0 Å². The van der Waals surface area contributed by atoms with Gasteiger partial charge in [0.05, 0.1) is 17.8 Å². The van der Waals surface area contributed by atoms with E-state index in [2.05, 4.69) is 5.16 Å². The summed E-state index contributed by atoms with van der Waals surface area (Å²) in [5.74, 6) is 0.468. The first-order valence-corrected chi connectivity index (χ1v) is 7.03. The van der Waals surface area contributed by atoms with E-state index in [0.717, 1.165) is 0 Å². The Morgan fingerprint density at radius 2 is 2.09 bits per heavy atom. The average Bonchev–Trinajstić information content (AvgIpc) is 2.47. The van der Waals surface area contributed by atoms with Crippen LogP contribution in [0.2, 0.25) is 5.02 Å². The zero-order valence-electron chi connectivity index (χ0n) is 11.9. The van der Waals surface area contributed by atoms with Gasteiger partial charge < -0.3 is 14.7 Å². The summed E-state index contributed by atoms with van der Waals surface area (Å²) in [5, 5.41) is 11.9. The Labute approximate surface area is 132 Å². The molecule has 0 unspecified atom stereocenters. The van der Waals surface area contributed by atoms with Gasteiger partial charge in [-0.3, -0.25) is 0 Å². The van der Waals surface area contributed by atoms with Gasteiger partial charge in [0.2, 0.25) is 0 Å². The lowest BCUT2D eigenvalue weighted by Crippen LogP contribution is -2.01. The minimum absolute atomic E-state index is 0.158. The fourth-order valence-electron chi connectivity index (χ4n) is 1.91. The fraction of sp³-hybridized carbons (Fsp3) is 0.188. The van der Waals surface area contributed by atoms with E-state index >= 15 is 0 Å². The molecule has 1 N–H and O–H groups in total. The molecule has 6 heteroatoms. The average molecular weight is 324 g/mol. The van der Waals surface area contributed by atoms with Gasteiger partial charge in [-0.1, -0.05) is 28.9 Å². The van der Waals surface area contributed by atoms with Gasteiger partial charge in [0.15, 0.2) is 11.5 Å². The van der Waals surface area contributed by atoms with E-state index in [9.17, 15) is 4.39 Å². The molecule has 22 heavy (non-hydrogen) atoms. The Balaban J connectivity index is 2.25. The maximum atomic E-state index is 13.2. The molecule has 0 aromatic heterocycles. The number of benzene rings is 2. The van der Waals surface area contributed by atoms with Crippen LogP contribution in [0.3, 0.4) is 0 Å². The van der Waals surface area contributed by atoms with Crippen molar-refractivity contribution >= 4 is 17.8 Å². The van der Waals surface area contributed by atoms with E-state index in [4.69, 9.17) is 26.3 Å². The molecule has 0 atom stereocenters. The molecule has 116 valence electrons. The molecule has 0 aliphatic heterocycles. The van der Waals surface area contributed by atoms with Crippen LogP contribution < -0.4 is 9.47 Å². The van der Waals surface area contributed by atoms with Crippen molar-refractivity contribution < 1.29 is 19.1 Å². The van der Waals surface area contributed by atoms with Crippen molar-refractivity contribution in [2.75, 3.05) is 6.61 Å². The number of hydrogen-bond acceptors (Lipinski definition) is 4. The summed E-state index contributed by atoms with van der Waals surface area (Å²) in [6, 6.07) is 9.36. The van der Waals surface area contributed by atoms with Crippen LogP contribution >= 0.6 is 11.6 Å². The van der Waals surface area contributed by atoms with Crippen LogP contribution in [-0.4, -0.2) is 18.0 Å². The van der Waals surface area contributed by atoms with Crippen molar-refractivity contribution in [2.45, 2.75) is 13.5 Å². The van der Waals surface area contributed by atoms with E-state index in [1.54, 1.807) is 24.3 Å². The molecule has 4 nitrogen and oxygen atoms in total. The van der Waals surface area contributed by atoms with Crippen LogP contribution in [0.5, 0.6) is 11.5 Å². The maximum absolute atomic E-state index is 13.2. The Kier molecular flexibility index (Phi) is 5.61. The number of ether oxygens (including phenoxy) is 2.